The van der Waals surface area contributed by atoms with Gasteiger partial charge in [-0.15, -0.1) is 0 Å². The molecule has 0 amide bonds. The van der Waals surface area contributed by atoms with E-state index in [-0.39, 0.29) is 0 Å². The molecule has 3 nitrogen and oxygen atoms in total. The van der Waals surface area contributed by atoms with E-state index in [9.17, 15) is 0 Å². The Morgan fingerprint density at radius 1 is 1.25 bits per heavy atom. The Kier molecular flexibility index (Phi) is 5.25. The maximum Gasteiger partial charge on any atom is 0.0644 e. The second-order valence-electron chi connectivity index (χ2n) is 6.51. The van der Waals surface area contributed by atoms with Gasteiger partial charge in [-0.25, -0.2) is 0 Å². The molecule has 1 aliphatic carbocycles. The summed E-state index contributed by atoms with van der Waals surface area (Å²) in [5.74, 6) is 0.793. The summed E-state index contributed by atoms with van der Waals surface area (Å²) in [6.07, 6.45) is 6.88. The molecule has 3 unspecified atom stereocenters. The molecule has 1 N–H and O–H groups in total. The average Bonchev–Trinajstić information content (AvgIpc) is 2.56. The normalized spacial score (nSPS) is 25.4. The van der Waals surface area contributed by atoms with E-state index in [2.05, 4.69) is 49.7 Å². The SMILES string of the molecule is CCn1nc(C)c(C(C)NC2CCCCCC2C)c1C. The molecule has 1 heterocycles. The molecule has 1 aromatic rings. The largest absolute Gasteiger partial charge is 0.307 e. The van der Waals surface area contributed by atoms with Crippen molar-refractivity contribution in [2.45, 2.75) is 85.4 Å². The number of rotatable bonds is 4. The first-order valence-corrected chi connectivity index (χ1v) is 8.34. The molecule has 0 aromatic carbocycles. The van der Waals surface area contributed by atoms with Gasteiger partial charge in [0.15, 0.2) is 0 Å². The van der Waals surface area contributed by atoms with Crippen LogP contribution < -0.4 is 5.32 Å². The fraction of sp³-hybridized carbons (Fsp3) is 0.824. The molecule has 0 radical (unpaired) electrons. The first kappa shape index (κ1) is 15.6. The minimum Gasteiger partial charge on any atom is -0.307 e. The second-order valence-corrected chi connectivity index (χ2v) is 6.51. The van der Waals surface area contributed by atoms with Crippen molar-refractivity contribution in [1.82, 2.24) is 15.1 Å². The quantitative estimate of drug-likeness (QED) is 0.838. The van der Waals surface area contributed by atoms with Crippen molar-refractivity contribution in [2.75, 3.05) is 0 Å². The molecule has 3 atom stereocenters. The lowest BCUT2D eigenvalue weighted by Crippen LogP contribution is -2.36. The summed E-state index contributed by atoms with van der Waals surface area (Å²) in [4.78, 5) is 0. The number of aromatic nitrogens is 2. The van der Waals surface area contributed by atoms with Crippen molar-refractivity contribution in [3.63, 3.8) is 0 Å². The molecule has 3 heteroatoms. The minimum atomic E-state index is 0.404. The van der Waals surface area contributed by atoms with Crippen molar-refractivity contribution in [2.24, 2.45) is 5.92 Å². The highest BCUT2D eigenvalue weighted by molar-refractivity contribution is 5.28. The first-order chi connectivity index (χ1) is 9.54. The highest BCUT2D eigenvalue weighted by Crippen LogP contribution is 2.27. The van der Waals surface area contributed by atoms with Crippen LogP contribution in [0.2, 0.25) is 0 Å². The lowest BCUT2D eigenvalue weighted by molar-refractivity contribution is 0.329. The number of aryl methyl sites for hydroxylation is 2. The molecular weight excluding hydrogens is 246 g/mol. The summed E-state index contributed by atoms with van der Waals surface area (Å²) in [6, 6.07) is 1.07. The van der Waals surface area contributed by atoms with Gasteiger partial charge in [0.05, 0.1) is 5.69 Å². The van der Waals surface area contributed by atoms with Gasteiger partial charge in [0.2, 0.25) is 0 Å². The number of nitrogens with one attached hydrogen (secondary N) is 1. The Labute approximate surface area is 124 Å². The van der Waals surface area contributed by atoms with E-state index in [1.807, 2.05) is 0 Å². The average molecular weight is 277 g/mol. The van der Waals surface area contributed by atoms with Gasteiger partial charge >= 0.3 is 0 Å². The van der Waals surface area contributed by atoms with Crippen LogP contribution in [0.25, 0.3) is 0 Å². The molecule has 1 saturated carbocycles. The van der Waals surface area contributed by atoms with Gasteiger partial charge in [0.25, 0.3) is 0 Å². The van der Waals surface area contributed by atoms with E-state index in [4.69, 9.17) is 0 Å². The van der Waals surface area contributed by atoms with Crippen LogP contribution in [0.15, 0.2) is 0 Å². The molecule has 20 heavy (non-hydrogen) atoms. The van der Waals surface area contributed by atoms with Gasteiger partial charge < -0.3 is 5.32 Å². The Balaban J connectivity index is 2.11. The van der Waals surface area contributed by atoms with Crippen molar-refractivity contribution < 1.29 is 0 Å². The topological polar surface area (TPSA) is 29.9 Å². The molecule has 114 valence electrons. The van der Waals surface area contributed by atoms with Crippen molar-refractivity contribution in [1.29, 1.82) is 0 Å². The maximum absolute atomic E-state index is 4.66. The van der Waals surface area contributed by atoms with Gasteiger partial charge in [0.1, 0.15) is 0 Å². The fourth-order valence-corrected chi connectivity index (χ4v) is 3.79. The van der Waals surface area contributed by atoms with Crippen LogP contribution in [-0.2, 0) is 6.54 Å². The van der Waals surface area contributed by atoms with Gasteiger partial charge in [0, 0.05) is 29.9 Å². The Hall–Kier alpha value is -0.830. The van der Waals surface area contributed by atoms with E-state index in [0.29, 0.717) is 12.1 Å². The molecule has 1 fully saturated rings. The first-order valence-electron chi connectivity index (χ1n) is 8.34. The molecule has 1 aromatic heterocycles. The van der Waals surface area contributed by atoms with Crippen LogP contribution in [0, 0.1) is 19.8 Å². The third kappa shape index (κ3) is 3.25. The molecular formula is C17H31N3. The van der Waals surface area contributed by atoms with Gasteiger partial charge in [-0.3, -0.25) is 4.68 Å². The maximum atomic E-state index is 4.66. The van der Waals surface area contributed by atoms with Crippen LogP contribution in [-0.4, -0.2) is 15.8 Å². The Morgan fingerprint density at radius 3 is 2.60 bits per heavy atom. The lowest BCUT2D eigenvalue weighted by atomic mass is 9.95. The van der Waals surface area contributed by atoms with Crippen molar-refractivity contribution in [3.05, 3.63) is 17.0 Å². The van der Waals surface area contributed by atoms with Gasteiger partial charge in [-0.05, 0) is 46.5 Å². The van der Waals surface area contributed by atoms with Crippen molar-refractivity contribution >= 4 is 0 Å². The van der Waals surface area contributed by atoms with E-state index >= 15 is 0 Å². The van der Waals surface area contributed by atoms with Crippen LogP contribution >= 0.6 is 0 Å². The third-order valence-corrected chi connectivity index (χ3v) is 5.00. The third-order valence-electron chi connectivity index (χ3n) is 5.00. The zero-order chi connectivity index (χ0) is 14.7. The Bertz CT molecular complexity index is 436. The molecule has 0 aliphatic heterocycles. The summed E-state index contributed by atoms with van der Waals surface area (Å²) in [7, 11) is 0. The summed E-state index contributed by atoms with van der Waals surface area (Å²) < 4.78 is 2.12. The van der Waals surface area contributed by atoms with Crippen LogP contribution in [0.1, 0.15) is 75.9 Å². The second kappa shape index (κ2) is 6.75. The van der Waals surface area contributed by atoms with E-state index in [1.165, 1.54) is 49.1 Å². The van der Waals surface area contributed by atoms with E-state index in [1.54, 1.807) is 0 Å². The number of nitrogens with zero attached hydrogens (tertiary/aromatic N) is 2. The summed E-state index contributed by atoms with van der Waals surface area (Å²) >= 11 is 0. The monoisotopic (exact) mass is 277 g/mol. The van der Waals surface area contributed by atoms with Crippen LogP contribution in [0.3, 0.4) is 0 Å². The lowest BCUT2D eigenvalue weighted by Gasteiger charge is -2.27. The standard InChI is InChI=1S/C17H31N3/c1-6-20-15(5)17(14(4)19-20)13(3)18-16-11-9-7-8-10-12(16)2/h12-13,16,18H,6-11H2,1-5H3. The summed E-state index contributed by atoms with van der Waals surface area (Å²) in [5.41, 5.74) is 3.92. The molecule has 0 bridgehead atoms. The van der Waals surface area contributed by atoms with Crippen molar-refractivity contribution in [3.8, 4) is 0 Å². The number of hydrogen-bond acceptors (Lipinski definition) is 2. The highest BCUT2D eigenvalue weighted by atomic mass is 15.3. The van der Waals surface area contributed by atoms with Crippen LogP contribution in [0.4, 0.5) is 0 Å². The zero-order valence-corrected chi connectivity index (χ0v) is 13.9. The minimum absolute atomic E-state index is 0.404. The van der Waals surface area contributed by atoms with Crippen LogP contribution in [0.5, 0.6) is 0 Å². The predicted molar refractivity (Wildman–Crippen MR) is 85.0 cm³/mol. The van der Waals surface area contributed by atoms with E-state index < -0.39 is 0 Å². The highest BCUT2D eigenvalue weighted by Gasteiger charge is 2.24. The molecule has 1 aliphatic rings. The van der Waals surface area contributed by atoms with Gasteiger partial charge in [-0.2, -0.15) is 5.10 Å². The van der Waals surface area contributed by atoms with E-state index in [0.717, 1.165) is 12.5 Å². The smallest absolute Gasteiger partial charge is 0.0644 e. The number of hydrogen-bond donors (Lipinski definition) is 1. The molecule has 2 rings (SSSR count). The van der Waals surface area contributed by atoms with Gasteiger partial charge in [-0.1, -0.05) is 26.2 Å². The zero-order valence-electron chi connectivity index (χ0n) is 13.9. The molecule has 0 spiro atoms. The summed E-state index contributed by atoms with van der Waals surface area (Å²) in [6.45, 7) is 12.2. The fourth-order valence-electron chi connectivity index (χ4n) is 3.79. The molecule has 0 saturated heterocycles. The Morgan fingerprint density at radius 2 is 1.95 bits per heavy atom. The predicted octanol–water partition coefficient (Wildman–Crippen LogP) is 4.14. The summed E-state index contributed by atoms with van der Waals surface area (Å²) in [5, 5.41) is 8.55.